The van der Waals surface area contributed by atoms with Crippen LogP contribution in [0.2, 0.25) is 0 Å². The largest absolute Gasteiger partial charge is 0.435 e. The van der Waals surface area contributed by atoms with E-state index in [2.05, 4.69) is 15.1 Å². The predicted octanol–water partition coefficient (Wildman–Crippen LogP) is 3.13. The second-order valence-electron chi connectivity index (χ2n) is 8.10. The second-order valence-corrected chi connectivity index (χ2v) is 8.98. The van der Waals surface area contributed by atoms with Gasteiger partial charge in [0.25, 0.3) is 0 Å². The fraction of sp³-hybridized carbons (Fsp3) is 0.458. The second kappa shape index (κ2) is 13.5. The van der Waals surface area contributed by atoms with Crippen LogP contribution in [-0.2, 0) is 20.4 Å². The minimum atomic E-state index is -4.78. The topological polar surface area (TPSA) is 144 Å². The molecular weight excluding hydrogens is 525 g/mol. The fourth-order valence-corrected chi connectivity index (χ4v) is 3.97. The SMILES string of the molecule is CCOC(OCC(N)OC(c1nc(C)nn1-c1cc(SC)cnc1C(F)(F)F)[C@@H](O)CN)c1ccccc1. The Morgan fingerprint density at radius 2 is 1.89 bits per heavy atom. The van der Waals surface area contributed by atoms with Crippen molar-refractivity contribution in [2.75, 3.05) is 26.0 Å². The third-order valence-corrected chi connectivity index (χ3v) is 5.98. The van der Waals surface area contributed by atoms with Gasteiger partial charge in [-0.3, -0.25) is 0 Å². The molecule has 0 saturated heterocycles. The molecule has 0 bridgehead atoms. The first-order valence-electron chi connectivity index (χ1n) is 11.7. The van der Waals surface area contributed by atoms with Gasteiger partial charge in [0.05, 0.1) is 18.4 Å². The number of nitrogens with two attached hydrogens (primary N) is 2. The molecule has 3 unspecified atom stereocenters. The van der Waals surface area contributed by atoms with Crippen molar-refractivity contribution in [2.45, 2.75) is 49.6 Å². The molecule has 0 aliphatic heterocycles. The van der Waals surface area contributed by atoms with Gasteiger partial charge in [-0.05, 0) is 26.2 Å². The van der Waals surface area contributed by atoms with Gasteiger partial charge in [0, 0.05) is 29.8 Å². The highest BCUT2D eigenvalue weighted by Gasteiger charge is 2.38. The molecule has 14 heteroatoms. The molecule has 2 heterocycles. The maximum atomic E-state index is 13.8. The van der Waals surface area contributed by atoms with Crippen LogP contribution in [0.4, 0.5) is 13.2 Å². The van der Waals surface area contributed by atoms with E-state index in [-0.39, 0.29) is 30.5 Å². The first kappa shape index (κ1) is 30.0. The average molecular weight is 557 g/mol. The molecule has 38 heavy (non-hydrogen) atoms. The molecule has 4 atom stereocenters. The van der Waals surface area contributed by atoms with Gasteiger partial charge < -0.3 is 30.8 Å². The number of alkyl halides is 3. The van der Waals surface area contributed by atoms with Gasteiger partial charge in [0.15, 0.2) is 17.8 Å². The van der Waals surface area contributed by atoms with Gasteiger partial charge in [-0.2, -0.15) is 18.3 Å². The highest BCUT2D eigenvalue weighted by molar-refractivity contribution is 7.98. The summed E-state index contributed by atoms with van der Waals surface area (Å²) in [5.41, 5.74) is 11.1. The van der Waals surface area contributed by atoms with Crippen LogP contribution in [0.15, 0.2) is 47.5 Å². The van der Waals surface area contributed by atoms with Crippen molar-refractivity contribution in [1.29, 1.82) is 0 Å². The lowest BCUT2D eigenvalue weighted by atomic mass is 10.1. The molecule has 0 aliphatic rings. The van der Waals surface area contributed by atoms with Crippen LogP contribution in [0.5, 0.6) is 0 Å². The summed E-state index contributed by atoms with van der Waals surface area (Å²) in [6.07, 6.45) is -6.51. The lowest BCUT2D eigenvalue weighted by Gasteiger charge is -2.27. The highest BCUT2D eigenvalue weighted by atomic mass is 32.2. The summed E-state index contributed by atoms with van der Waals surface area (Å²) in [7, 11) is 0. The number of pyridine rings is 1. The monoisotopic (exact) mass is 556 g/mol. The van der Waals surface area contributed by atoms with Crippen molar-refractivity contribution in [3.63, 3.8) is 0 Å². The Labute approximate surface area is 222 Å². The molecule has 5 N–H and O–H groups in total. The van der Waals surface area contributed by atoms with Gasteiger partial charge in [-0.1, -0.05) is 30.3 Å². The molecule has 0 spiro atoms. The molecule has 0 fully saturated rings. The number of aliphatic hydroxyl groups excluding tert-OH is 1. The minimum absolute atomic E-state index is 0.120. The van der Waals surface area contributed by atoms with Crippen molar-refractivity contribution < 1.29 is 32.5 Å². The maximum Gasteiger partial charge on any atom is 0.435 e. The van der Waals surface area contributed by atoms with Gasteiger partial charge in [0.2, 0.25) is 0 Å². The maximum absolute atomic E-state index is 13.8. The van der Waals surface area contributed by atoms with Crippen molar-refractivity contribution in [3.05, 3.63) is 65.5 Å². The molecule has 208 valence electrons. The summed E-state index contributed by atoms with van der Waals surface area (Å²) < 4.78 is 59.8. The Morgan fingerprint density at radius 3 is 2.50 bits per heavy atom. The molecule has 3 aromatic rings. The lowest BCUT2D eigenvalue weighted by molar-refractivity contribution is -0.178. The Morgan fingerprint density at radius 1 is 1.18 bits per heavy atom. The number of ether oxygens (including phenoxy) is 3. The number of hydrogen-bond acceptors (Lipinski definition) is 10. The number of rotatable bonds is 13. The Balaban J connectivity index is 1.92. The van der Waals surface area contributed by atoms with Crippen molar-refractivity contribution >= 4 is 11.8 Å². The number of aromatic nitrogens is 4. The number of aryl methyl sites for hydroxylation is 1. The van der Waals surface area contributed by atoms with Gasteiger partial charge in [0.1, 0.15) is 18.2 Å². The van der Waals surface area contributed by atoms with Crippen LogP contribution in [-0.4, -0.2) is 63.2 Å². The first-order valence-corrected chi connectivity index (χ1v) is 12.9. The summed E-state index contributed by atoms with van der Waals surface area (Å²) in [6.45, 7) is 3.23. The van der Waals surface area contributed by atoms with Crippen LogP contribution >= 0.6 is 11.8 Å². The van der Waals surface area contributed by atoms with Crippen LogP contribution in [0.3, 0.4) is 0 Å². The average Bonchev–Trinajstić information content (AvgIpc) is 3.29. The zero-order valence-corrected chi connectivity index (χ0v) is 21.9. The smallest absolute Gasteiger partial charge is 0.389 e. The zero-order chi connectivity index (χ0) is 27.9. The van der Waals surface area contributed by atoms with E-state index < -0.39 is 36.6 Å². The lowest BCUT2D eigenvalue weighted by Crippen LogP contribution is -2.39. The van der Waals surface area contributed by atoms with Crippen LogP contribution in [0, 0.1) is 6.92 Å². The number of benzene rings is 1. The summed E-state index contributed by atoms with van der Waals surface area (Å²) in [4.78, 5) is 8.32. The minimum Gasteiger partial charge on any atom is -0.389 e. The standard InChI is InChI=1S/C24H31F3N6O4S/c1-4-35-23(15-8-6-5-7-9-15)36-13-19(29)37-20(18(34)11-28)22-31-14(2)32-33(22)17-10-16(38-3)12-30-21(17)24(25,26)27/h5-10,12,18-20,23,34H,4,11,13,28-29H2,1-3H3/t18-,19?,20?,23?/m0/s1. The van der Waals surface area contributed by atoms with Crippen LogP contribution in [0.1, 0.15) is 42.2 Å². The normalized spacial score (nSPS) is 15.3. The highest BCUT2D eigenvalue weighted by Crippen LogP contribution is 2.35. The van der Waals surface area contributed by atoms with E-state index >= 15 is 0 Å². The number of aliphatic hydroxyl groups is 1. The predicted molar refractivity (Wildman–Crippen MR) is 134 cm³/mol. The van der Waals surface area contributed by atoms with Crippen molar-refractivity contribution in [2.24, 2.45) is 11.5 Å². The third-order valence-electron chi connectivity index (χ3n) is 5.28. The summed E-state index contributed by atoms with van der Waals surface area (Å²) in [6, 6.07) is 10.5. The van der Waals surface area contributed by atoms with E-state index in [0.29, 0.717) is 11.5 Å². The molecular formula is C24H31F3N6O4S. The van der Waals surface area contributed by atoms with Crippen molar-refractivity contribution in [3.8, 4) is 5.69 Å². The molecule has 2 aromatic heterocycles. The third kappa shape index (κ3) is 7.50. The quantitative estimate of drug-likeness (QED) is 0.212. The van der Waals surface area contributed by atoms with Crippen LogP contribution in [0.25, 0.3) is 5.69 Å². The fourth-order valence-electron chi connectivity index (χ4n) is 3.58. The van der Waals surface area contributed by atoms with E-state index in [0.717, 1.165) is 16.4 Å². The molecule has 1 aromatic carbocycles. The molecule has 10 nitrogen and oxygen atoms in total. The van der Waals surface area contributed by atoms with E-state index in [1.165, 1.54) is 24.8 Å². The van der Waals surface area contributed by atoms with E-state index in [1.54, 1.807) is 6.26 Å². The van der Waals surface area contributed by atoms with Gasteiger partial charge >= 0.3 is 6.18 Å². The van der Waals surface area contributed by atoms with E-state index in [4.69, 9.17) is 25.7 Å². The molecule has 0 amide bonds. The molecule has 0 aliphatic carbocycles. The molecule has 3 rings (SSSR count). The van der Waals surface area contributed by atoms with Crippen LogP contribution < -0.4 is 11.5 Å². The Kier molecular flexibility index (Phi) is 10.6. The number of nitrogens with zero attached hydrogens (tertiary/aromatic N) is 4. The first-order chi connectivity index (χ1) is 18.1. The number of thioether (sulfide) groups is 1. The Bertz CT molecular complexity index is 1170. The summed E-state index contributed by atoms with van der Waals surface area (Å²) in [5.74, 6) is 0.0247. The van der Waals surface area contributed by atoms with Gasteiger partial charge in [-0.25, -0.2) is 14.6 Å². The number of hydrogen-bond donors (Lipinski definition) is 3. The van der Waals surface area contributed by atoms with Crippen molar-refractivity contribution in [1.82, 2.24) is 19.7 Å². The van der Waals surface area contributed by atoms with E-state index in [1.807, 2.05) is 37.3 Å². The summed E-state index contributed by atoms with van der Waals surface area (Å²) >= 11 is 1.21. The molecule has 0 radical (unpaired) electrons. The van der Waals surface area contributed by atoms with E-state index in [9.17, 15) is 18.3 Å². The van der Waals surface area contributed by atoms with Gasteiger partial charge in [-0.15, -0.1) is 11.8 Å². The number of halogens is 3. The molecule has 0 saturated carbocycles. The zero-order valence-electron chi connectivity index (χ0n) is 21.1. The summed E-state index contributed by atoms with van der Waals surface area (Å²) in [5, 5.41) is 14.8. The Hall–Kier alpha value is -2.59.